The number of ketones is 1. The minimum atomic E-state index is -0.717. The molecule has 42 heavy (non-hydrogen) atoms. The monoisotopic (exact) mass is 573 g/mol. The van der Waals surface area contributed by atoms with E-state index < -0.39 is 34.9 Å². The zero-order valence-corrected chi connectivity index (χ0v) is 23.4. The van der Waals surface area contributed by atoms with Crippen LogP contribution < -0.4 is 21.5 Å². The molecule has 3 aromatic carbocycles. The highest BCUT2D eigenvalue weighted by atomic mass is 19.1. The van der Waals surface area contributed by atoms with Crippen LogP contribution in [0.4, 0.5) is 14.5 Å². The summed E-state index contributed by atoms with van der Waals surface area (Å²) in [6, 6.07) is 12.9. The van der Waals surface area contributed by atoms with Crippen LogP contribution in [-0.2, 0) is 11.3 Å². The summed E-state index contributed by atoms with van der Waals surface area (Å²) in [7, 11) is 3.09. The number of nitrogens with one attached hydrogen (secondary N) is 3. The highest BCUT2D eigenvalue weighted by molar-refractivity contribution is 6.09. The van der Waals surface area contributed by atoms with Crippen LogP contribution in [0.1, 0.15) is 44.3 Å². The lowest BCUT2D eigenvalue weighted by Gasteiger charge is -2.18. The second kappa shape index (κ2) is 12.6. The van der Waals surface area contributed by atoms with E-state index in [1.54, 1.807) is 39.1 Å². The standard InChI is InChI=1S/C31H29F2N5O4/c1-17-5-6-21(30(41)35-4)14-25(17)28-36-15-26(37-29(40)18(2)34-3)31(42)38(28)16-19-11-22(13-24(33)12-19)27(39)20-7-9-23(32)10-8-20/h5-15,18,34H,16H2,1-4H3,(H,35,41)(H,37,40). The molecule has 1 unspecified atom stereocenters. The first-order valence-corrected chi connectivity index (χ1v) is 13.0. The Morgan fingerprint density at radius 1 is 0.905 bits per heavy atom. The molecule has 0 fully saturated rings. The smallest absolute Gasteiger partial charge is 0.277 e. The number of halogens is 2. The van der Waals surface area contributed by atoms with Crippen molar-refractivity contribution in [1.29, 1.82) is 0 Å². The molecule has 0 saturated heterocycles. The van der Waals surface area contributed by atoms with Gasteiger partial charge in [-0.15, -0.1) is 0 Å². The summed E-state index contributed by atoms with van der Waals surface area (Å²) in [6.45, 7) is 3.18. The van der Waals surface area contributed by atoms with E-state index in [4.69, 9.17) is 0 Å². The quantitative estimate of drug-likeness (QED) is 0.263. The highest BCUT2D eigenvalue weighted by Gasteiger charge is 2.20. The normalized spacial score (nSPS) is 11.6. The molecule has 0 bridgehead atoms. The van der Waals surface area contributed by atoms with E-state index in [0.717, 1.165) is 18.2 Å². The molecule has 1 heterocycles. The molecule has 0 aliphatic heterocycles. The predicted octanol–water partition coefficient (Wildman–Crippen LogP) is 3.68. The van der Waals surface area contributed by atoms with Crippen molar-refractivity contribution in [3.63, 3.8) is 0 Å². The minimum Gasteiger partial charge on any atom is -0.355 e. The molecule has 0 radical (unpaired) electrons. The fourth-order valence-electron chi connectivity index (χ4n) is 4.28. The van der Waals surface area contributed by atoms with E-state index in [0.29, 0.717) is 16.7 Å². The molecule has 0 saturated carbocycles. The fourth-order valence-corrected chi connectivity index (χ4v) is 4.28. The molecule has 3 N–H and O–H groups in total. The Balaban J connectivity index is 1.85. The third-order valence-corrected chi connectivity index (χ3v) is 6.77. The van der Waals surface area contributed by atoms with Crippen LogP contribution in [0.15, 0.2) is 71.7 Å². The van der Waals surface area contributed by atoms with Crippen molar-refractivity contribution in [3.8, 4) is 11.4 Å². The molecule has 1 aromatic heterocycles. The Bertz CT molecular complexity index is 1730. The van der Waals surface area contributed by atoms with E-state index in [-0.39, 0.29) is 40.7 Å². The lowest BCUT2D eigenvalue weighted by atomic mass is 10.0. The maximum absolute atomic E-state index is 14.8. The van der Waals surface area contributed by atoms with Gasteiger partial charge < -0.3 is 16.0 Å². The Morgan fingerprint density at radius 3 is 2.26 bits per heavy atom. The number of hydrogen-bond donors (Lipinski definition) is 3. The summed E-state index contributed by atoms with van der Waals surface area (Å²) in [5.74, 6) is -2.41. The van der Waals surface area contributed by atoms with Crippen LogP contribution in [0.2, 0.25) is 0 Å². The second-order valence-corrected chi connectivity index (χ2v) is 9.68. The molecule has 1 atom stereocenters. The topological polar surface area (TPSA) is 122 Å². The first kappa shape index (κ1) is 29.9. The van der Waals surface area contributed by atoms with Crippen LogP contribution in [0.3, 0.4) is 0 Å². The molecular weight excluding hydrogens is 544 g/mol. The molecule has 4 rings (SSSR count). The summed E-state index contributed by atoms with van der Waals surface area (Å²) >= 11 is 0. The number of carbonyl (C=O) groups is 3. The zero-order valence-electron chi connectivity index (χ0n) is 23.4. The van der Waals surface area contributed by atoms with Gasteiger partial charge in [-0.05, 0) is 86.6 Å². The molecule has 11 heteroatoms. The minimum absolute atomic E-state index is 0.00395. The summed E-state index contributed by atoms with van der Waals surface area (Å²) in [5.41, 5.74) is 1.20. The fraction of sp³-hybridized carbons (Fsp3) is 0.194. The van der Waals surface area contributed by atoms with E-state index in [2.05, 4.69) is 20.9 Å². The average molecular weight is 574 g/mol. The van der Waals surface area contributed by atoms with Crippen LogP contribution in [0, 0.1) is 18.6 Å². The van der Waals surface area contributed by atoms with Gasteiger partial charge >= 0.3 is 0 Å². The van der Waals surface area contributed by atoms with E-state index in [9.17, 15) is 28.0 Å². The van der Waals surface area contributed by atoms with Crippen LogP contribution in [0.5, 0.6) is 0 Å². The summed E-state index contributed by atoms with van der Waals surface area (Å²) < 4.78 is 29.4. The van der Waals surface area contributed by atoms with E-state index in [1.807, 2.05) is 0 Å². The van der Waals surface area contributed by atoms with Gasteiger partial charge in [0.05, 0.1) is 18.8 Å². The van der Waals surface area contributed by atoms with Crippen molar-refractivity contribution in [1.82, 2.24) is 20.2 Å². The van der Waals surface area contributed by atoms with Crippen molar-refractivity contribution in [2.24, 2.45) is 0 Å². The van der Waals surface area contributed by atoms with E-state index in [1.165, 1.54) is 42.1 Å². The number of amides is 2. The van der Waals surface area contributed by atoms with Crippen molar-refractivity contribution in [2.75, 3.05) is 19.4 Å². The third-order valence-electron chi connectivity index (χ3n) is 6.77. The Hall–Kier alpha value is -5.03. The van der Waals surface area contributed by atoms with Crippen LogP contribution in [-0.4, -0.2) is 47.3 Å². The SMILES string of the molecule is CNC(=O)c1ccc(C)c(-c2ncc(NC(=O)C(C)NC)c(=O)n2Cc2cc(F)cc(C(=O)c3ccc(F)cc3)c2)c1. The first-order chi connectivity index (χ1) is 20.0. The van der Waals surface area contributed by atoms with Gasteiger partial charge in [-0.3, -0.25) is 23.7 Å². The van der Waals surface area contributed by atoms with E-state index >= 15 is 0 Å². The lowest BCUT2D eigenvalue weighted by Crippen LogP contribution is -2.38. The van der Waals surface area contributed by atoms with Gasteiger partial charge in [0.15, 0.2) is 5.78 Å². The Morgan fingerprint density at radius 2 is 1.60 bits per heavy atom. The number of carbonyl (C=O) groups excluding carboxylic acids is 3. The molecule has 2 amide bonds. The number of aromatic nitrogens is 2. The Labute approximate surface area is 240 Å². The summed E-state index contributed by atoms with van der Waals surface area (Å²) in [5, 5.41) is 7.91. The molecular formula is C31H29F2N5O4. The average Bonchev–Trinajstić information content (AvgIpc) is 2.98. The number of likely N-dealkylation sites (N-methyl/N-ethyl adjacent to an activating group) is 1. The third kappa shape index (κ3) is 6.47. The Kier molecular flexibility index (Phi) is 9.02. The first-order valence-electron chi connectivity index (χ1n) is 13.0. The maximum Gasteiger partial charge on any atom is 0.277 e. The van der Waals surface area contributed by atoms with Gasteiger partial charge in [0.2, 0.25) is 5.91 Å². The van der Waals surface area contributed by atoms with Crippen molar-refractivity contribution < 1.29 is 23.2 Å². The van der Waals surface area contributed by atoms with Gasteiger partial charge in [-0.1, -0.05) is 6.07 Å². The number of benzene rings is 3. The van der Waals surface area contributed by atoms with Crippen molar-refractivity contribution in [2.45, 2.75) is 26.4 Å². The largest absolute Gasteiger partial charge is 0.355 e. The van der Waals surface area contributed by atoms with Gasteiger partial charge in [0, 0.05) is 29.3 Å². The number of nitrogens with zero attached hydrogens (tertiary/aromatic N) is 2. The molecule has 0 aliphatic rings. The second-order valence-electron chi connectivity index (χ2n) is 9.68. The zero-order chi connectivity index (χ0) is 30.6. The summed E-state index contributed by atoms with van der Waals surface area (Å²) in [4.78, 5) is 56.2. The molecule has 216 valence electrons. The van der Waals surface area contributed by atoms with Crippen molar-refractivity contribution in [3.05, 3.63) is 117 Å². The van der Waals surface area contributed by atoms with Gasteiger partial charge in [0.25, 0.3) is 11.5 Å². The molecule has 9 nitrogen and oxygen atoms in total. The van der Waals surface area contributed by atoms with Gasteiger partial charge in [-0.25, -0.2) is 13.8 Å². The number of hydrogen-bond acceptors (Lipinski definition) is 6. The van der Waals surface area contributed by atoms with Crippen molar-refractivity contribution >= 4 is 23.3 Å². The van der Waals surface area contributed by atoms with Gasteiger partial charge in [0.1, 0.15) is 23.1 Å². The molecule has 4 aromatic rings. The van der Waals surface area contributed by atoms with Crippen LogP contribution in [0.25, 0.3) is 11.4 Å². The predicted molar refractivity (Wildman–Crippen MR) is 155 cm³/mol. The van der Waals surface area contributed by atoms with Crippen LogP contribution >= 0.6 is 0 Å². The molecule has 0 spiro atoms. The van der Waals surface area contributed by atoms with Gasteiger partial charge in [-0.2, -0.15) is 0 Å². The number of rotatable bonds is 9. The number of aryl methyl sites for hydroxylation is 1. The summed E-state index contributed by atoms with van der Waals surface area (Å²) in [6.07, 6.45) is 1.23. The molecule has 0 aliphatic carbocycles. The maximum atomic E-state index is 14.8. The highest BCUT2D eigenvalue weighted by Crippen LogP contribution is 2.25. The lowest BCUT2D eigenvalue weighted by molar-refractivity contribution is -0.117. The number of anilines is 1.